The van der Waals surface area contributed by atoms with Crippen LogP contribution in [0.2, 0.25) is 0 Å². The number of amides is 2. The first-order valence-electron chi connectivity index (χ1n) is 6.31. The lowest BCUT2D eigenvalue weighted by molar-refractivity contribution is -0.132. The molecule has 104 valence electrons. The number of hydrogen-bond donors (Lipinski definition) is 2. The van der Waals surface area contributed by atoms with Gasteiger partial charge in [0.15, 0.2) is 0 Å². The van der Waals surface area contributed by atoms with Crippen molar-refractivity contribution in [1.29, 1.82) is 0 Å². The number of aromatic nitrogens is 1. The van der Waals surface area contributed by atoms with Gasteiger partial charge in [-0.25, -0.2) is 0 Å². The van der Waals surface area contributed by atoms with E-state index in [-0.39, 0.29) is 23.1 Å². The molecule has 1 aliphatic heterocycles. The monoisotopic (exact) mass is 281 g/mol. The fourth-order valence-electron chi connectivity index (χ4n) is 2.35. The SMILES string of the molecule is Cc1cc(NC(=O)[C@H]2C(=O)NC[C@H]2C(C)(C)C)sn1. The maximum atomic E-state index is 12.3. The van der Waals surface area contributed by atoms with Crippen LogP contribution < -0.4 is 10.6 Å². The quantitative estimate of drug-likeness (QED) is 0.812. The number of anilines is 1. The Morgan fingerprint density at radius 3 is 2.74 bits per heavy atom. The minimum atomic E-state index is -0.623. The van der Waals surface area contributed by atoms with E-state index in [1.165, 1.54) is 11.5 Å². The molecule has 19 heavy (non-hydrogen) atoms. The minimum absolute atomic E-state index is 0.00835. The van der Waals surface area contributed by atoms with Crippen LogP contribution in [-0.4, -0.2) is 22.7 Å². The van der Waals surface area contributed by atoms with Crippen LogP contribution in [0.4, 0.5) is 5.00 Å². The molecule has 0 aromatic carbocycles. The first-order valence-corrected chi connectivity index (χ1v) is 7.08. The van der Waals surface area contributed by atoms with Gasteiger partial charge in [0.2, 0.25) is 11.8 Å². The Labute approximate surface area is 116 Å². The van der Waals surface area contributed by atoms with Crippen LogP contribution in [0.3, 0.4) is 0 Å². The maximum absolute atomic E-state index is 12.3. The lowest BCUT2D eigenvalue weighted by Gasteiger charge is -2.29. The standard InChI is InChI=1S/C13H19N3O2S/c1-7-5-9(19-16-7)15-12(18)10-8(13(2,3)4)6-14-11(10)17/h5,8,10H,6H2,1-4H3,(H,14,17)(H,15,18)/t8-,10-/m1/s1. The van der Waals surface area contributed by atoms with Gasteiger partial charge in [-0.1, -0.05) is 20.8 Å². The lowest BCUT2D eigenvalue weighted by Crippen LogP contribution is -2.37. The highest BCUT2D eigenvalue weighted by Gasteiger charge is 2.45. The molecular weight excluding hydrogens is 262 g/mol. The molecule has 2 rings (SSSR count). The summed E-state index contributed by atoms with van der Waals surface area (Å²) in [6.07, 6.45) is 0. The molecule has 6 heteroatoms. The Bertz CT molecular complexity index is 504. The maximum Gasteiger partial charge on any atom is 0.237 e. The summed E-state index contributed by atoms with van der Waals surface area (Å²) in [6, 6.07) is 1.81. The molecule has 2 atom stereocenters. The number of rotatable bonds is 2. The van der Waals surface area contributed by atoms with Gasteiger partial charge in [-0.15, -0.1) is 0 Å². The number of hydrogen-bond acceptors (Lipinski definition) is 4. The Balaban J connectivity index is 2.14. The van der Waals surface area contributed by atoms with Crippen molar-refractivity contribution in [1.82, 2.24) is 9.69 Å². The summed E-state index contributed by atoms with van der Waals surface area (Å²) in [5, 5.41) is 6.27. The van der Waals surface area contributed by atoms with Gasteiger partial charge < -0.3 is 10.6 Å². The fraction of sp³-hybridized carbons (Fsp3) is 0.615. The molecule has 2 heterocycles. The van der Waals surface area contributed by atoms with E-state index in [0.717, 1.165) is 5.69 Å². The first kappa shape index (κ1) is 14.0. The molecule has 0 bridgehead atoms. The van der Waals surface area contributed by atoms with Crippen molar-refractivity contribution in [3.63, 3.8) is 0 Å². The summed E-state index contributed by atoms with van der Waals surface area (Å²) in [4.78, 5) is 24.2. The van der Waals surface area contributed by atoms with Gasteiger partial charge in [-0.3, -0.25) is 9.59 Å². The lowest BCUT2D eigenvalue weighted by atomic mass is 9.74. The molecule has 1 aliphatic rings. The molecule has 0 aliphatic carbocycles. The normalized spacial score (nSPS) is 23.3. The van der Waals surface area contributed by atoms with Gasteiger partial charge >= 0.3 is 0 Å². The van der Waals surface area contributed by atoms with Gasteiger partial charge in [-0.2, -0.15) is 4.37 Å². The second-order valence-corrected chi connectivity index (χ2v) is 6.82. The van der Waals surface area contributed by atoms with E-state index in [9.17, 15) is 9.59 Å². The molecule has 2 N–H and O–H groups in total. The summed E-state index contributed by atoms with van der Waals surface area (Å²) in [5.41, 5.74) is 0.772. The van der Waals surface area contributed by atoms with Crippen LogP contribution in [0.5, 0.6) is 0 Å². The molecule has 0 radical (unpaired) electrons. The summed E-state index contributed by atoms with van der Waals surface area (Å²) >= 11 is 1.23. The molecule has 1 aromatic heterocycles. The second kappa shape index (κ2) is 4.92. The number of carbonyl (C=O) groups excluding carboxylic acids is 2. The molecule has 1 saturated heterocycles. The molecule has 2 amide bonds. The number of nitrogens with one attached hydrogen (secondary N) is 2. The van der Waals surface area contributed by atoms with E-state index in [4.69, 9.17) is 0 Å². The largest absolute Gasteiger partial charge is 0.355 e. The average Bonchev–Trinajstić information content (AvgIpc) is 2.84. The number of carbonyl (C=O) groups is 2. The molecule has 1 aromatic rings. The van der Waals surface area contributed by atoms with Crippen molar-refractivity contribution in [3.05, 3.63) is 11.8 Å². The van der Waals surface area contributed by atoms with Crippen molar-refractivity contribution in [3.8, 4) is 0 Å². The van der Waals surface area contributed by atoms with E-state index in [0.29, 0.717) is 11.5 Å². The number of nitrogens with zero attached hydrogens (tertiary/aromatic N) is 1. The second-order valence-electron chi connectivity index (χ2n) is 6.02. The molecule has 5 nitrogen and oxygen atoms in total. The predicted octanol–water partition coefficient (Wildman–Crippen LogP) is 1.80. The Kier molecular flexibility index (Phi) is 3.62. The van der Waals surface area contributed by atoms with Gasteiger partial charge in [0.05, 0.1) is 5.69 Å². The summed E-state index contributed by atoms with van der Waals surface area (Å²) in [7, 11) is 0. The van der Waals surface area contributed by atoms with Crippen LogP contribution >= 0.6 is 11.5 Å². The smallest absolute Gasteiger partial charge is 0.237 e. The van der Waals surface area contributed by atoms with Crippen molar-refractivity contribution in [2.75, 3.05) is 11.9 Å². The zero-order valence-electron chi connectivity index (χ0n) is 11.6. The molecular formula is C13H19N3O2S. The van der Waals surface area contributed by atoms with Crippen LogP contribution in [-0.2, 0) is 9.59 Å². The van der Waals surface area contributed by atoms with E-state index < -0.39 is 5.92 Å². The van der Waals surface area contributed by atoms with Crippen molar-refractivity contribution in [2.24, 2.45) is 17.3 Å². The Hall–Kier alpha value is -1.43. The van der Waals surface area contributed by atoms with Gasteiger partial charge in [-0.05, 0) is 29.9 Å². The highest BCUT2D eigenvalue weighted by Crippen LogP contribution is 2.35. The van der Waals surface area contributed by atoms with E-state index >= 15 is 0 Å². The minimum Gasteiger partial charge on any atom is -0.355 e. The van der Waals surface area contributed by atoms with Crippen LogP contribution in [0, 0.1) is 24.2 Å². The van der Waals surface area contributed by atoms with Crippen molar-refractivity contribution in [2.45, 2.75) is 27.7 Å². The Morgan fingerprint density at radius 1 is 1.53 bits per heavy atom. The highest BCUT2D eigenvalue weighted by molar-refractivity contribution is 7.10. The summed E-state index contributed by atoms with van der Waals surface area (Å²) in [6.45, 7) is 8.58. The highest BCUT2D eigenvalue weighted by atomic mass is 32.1. The van der Waals surface area contributed by atoms with Gasteiger partial charge in [0.25, 0.3) is 0 Å². The molecule has 1 fully saturated rings. The molecule has 0 spiro atoms. The van der Waals surface area contributed by atoms with E-state index in [1.54, 1.807) is 0 Å². The third-order valence-electron chi connectivity index (χ3n) is 3.45. The molecule has 0 unspecified atom stereocenters. The average molecular weight is 281 g/mol. The topological polar surface area (TPSA) is 71.1 Å². The number of aryl methyl sites for hydroxylation is 1. The van der Waals surface area contributed by atoms with Crippen LogP contribution in [0.15, 0.2) is 6.07 Å². The van der Waals surface area contributed by atoms with Crippen LogP contribution in [0.25, 0.3) is 0 Å². The van der Waals surface area contributed by atoms with Crippen molar-refractivity contribution < 1.29 is 9.59 Å². The summed E-state index contributed by atoms with van der Waals surface area (Å²) < 4.78 is 4.11. The zero-order valence-corrected chi connectivity index (χ0v) is 12.4. The van der Waals surface area contributed by atoms with E-state index in [2.05, 4.69) is 35.8 Å². The van der Waals surface area contributed by atoms with Gasteiger partial charge in [0.1, 0.15) is 10.9 Å². The third-order valence-corrected chi connectivity index (χ3v) is 4.25. The fourth-order valence-corrected chi connectivity index (χ4v) is 3.02. The van der Waals surface area contributed by atoms with Gasteiger partial charge in [0, 0.05) is 12.5 Å². The molecule has 0 saturated carbocycles. The van der Waals surface area contributed by atoms with Crippen molar-refractivity contribution >= 4 is 28.3 Å². The zero-order chi connectivity index (χ0) is 14.2. The van der Waals surface area contributed by atoms with E-state index in [1.807, 2.05) is 13.0 Å². The first-order chi connectivity index (χ1) is 8.79. The predicted molar refractivity (Wildman–Crippen MR) is 74.9 cm³/mol. The third kappa shape index (κ3) is 2.94. The Morgan fingerprint density at radius 2 is 2.21 bits per heavy atom. The van der Waals surface area contributed by atoms with Crippen LogP contribution in [0.1, 0.15) is 26.5 Å². The summed E-state index contributed by atoms with van der Waals surface area (Å²) in [5.74, 6) is -1.03.